The lowest BCUT2D eigenvalue weighted by Gasteiger charge is -2.25. The van der Waals surface area contributed by atoms with Crippen molar-refractivity contribution in [2.24, 2.45) is 0 Å². The first-order chi connectivity index (χ1) is 12.7. The standard InChI is InChI=1S/C21H28N4O/c1-2-24-13-11-20(17-24)23-21(26)25(16-19-9-6-12-22-15-19)14-10-18-7-4-3-5-8-18/h3-9,12,15,20H,2,10-11,13-14,16-17H2,1H3,(H,23,26)/t20-/m1/s1. The van der Waals surface area contributed by atoms with Crippen molar-refractivity contribution in [2.45, 2.75) is 32.4 Å². The Morgan fingerprint density at radius 1 is 1.23 bits per heavy atom. The number of nitrogens with one attached hydrogen (secondary N) is 1. The largest absolute Gasteiger partial charge is 0.334 e. The first kappa shape index (κ1) is 18.4. The van der Waals surface area contributed by atoms with Crippen molar-refractivity contribution in [3.05, 3.63) is 66.0 Å². The van der Waals surface area contributed by atoms with E-state index in [1.54, 1.807) is 6.20 Å². The Hall–Kier alpha value is -2.40. The highest BCUT2D eigenvalue weighted by Crippen LogP contribution is 2.11. The number of likely N-dealkylation sites (tertiary alicyclic amines) is 1. The van der Waals surface area contributed by atoms with Gasteiger partial charge in [0.15, 0.2) is 0 Å². The molecule has 26 heavy (non-hydrogen) atoms. The molecule has 2 amide bonds. The van der Waals surface area contributed by atoms with Gasteiger partial charge in [-0.2, -0.15) is 0 Å². The molecular formula is C21H28N4O. The molecule has 1 fully saturated rings. The summed E-state index contributed by atoms with van der Waals surface area (Å²) in [5.41, 5.74) is 2.30. The highest BCUT2D eigenvalue weighted by Gasteiger charge is 2.24. The van der Waals surface area contributed by atoms with Crippen LogP contribution in [0.4, 0.5) is 4.79 Å². The molecule has 0 spiro atoms. The second-order valence-corrected chi connectivity index (χ2v) is 6.85. The van der Waals surface area contributed by atoms with E-state index in [2.05, 4.69) is 34.3 Å². The maximum absolute atomic E-state index is 12.9. The molecular weight excluding hydrogens is 324 g/mol. The van der Waals surface area contributed by atoms with Crippen LogP contribution in [0.25, 0.3) is 0 Å². The quantitative estimate of drug-likeness (QED) is 0.833. The summed E-state index contributed by atoms with van der Waals surface area (Å²) in [6, 6.07) is 14.5. The van der Waals surface area contributed by atoms with Gasteiger partial charge in [0.05, 0.1) is 0 Å². The highest BCUT2D eigenvalue weighted by atomic mass is 16.2. The monoisotopic (exact) mass is 352 g/mol. The number of aromatic nitrogens is 1. The van der Waals surface area contributed by atoms with Gasteiger partial charge in [0, 0.05) is 44.6 Å². The lowest BCUT2D eigenvalue weighted by Crippen LogP contribution is -2.46. The fraction of sp³-hybridized carbons (Fsp3) is 0.429. The van der Waals surface area contributed by atoms with Crippen molar-refractivity contribution in [3.8, 4) is 0 Å². The lowest BCUT2D eigenvalue weighted by molar-refractivity contribution is 0.191. The molecule has 0 aliphatic carbocycles. The van der Waals surface area contributed by atoms with E-state index in [1.807, 2.05) is 41.4 Å². The molecule has 1 aromatic heterocycles. The summed E-state index contributed by atoms with van der Waals surface area (Å²) in [5.74, 6) is 0. The van der Waals surface area contributed by atoms with E-state index < -0.39 is 0 Å². The second kappa shape index (κ2) is 9.34. The van der Waals surface area contributed by atoms with Gasteiger partial charge in [-0.25, -0.2) is 4.79 Å². The Labute approximate surface area is 156 Å². The Morgan fingerprint density at radius 3 is 2.73 bits per heavy atom. The third-order valence-corrected chi connectivity index (χ3v) is 4.94. The summed E-state index contributed by atoms with van der Waals surface area (Å²) in [6.45, 7) is 6.49. The number of urea groups is 1. The lowest BCUT2D eigenvalue weighted by atomic mass is 10.1. The third kappa shape index (κ3) is 5.30. The Bertz CT molecular complexity index is 677. The molecule has 1 atom stereocenters. The number of amides is 2. The van der Waals surface area contributed by atoms with Crippen molar-refractivity contribution >= 4 is 6.03 Å². The van der Waals surface area contributed by atoms with Crippen molar-refractivity contribution in [2.75, 3.05) is 26.2 Å². The van der Waals surface area contributed by atoms with Gasteiger partial charge in [0.2, 0.25) is 0 Å². The number of hydrogen-bond donors (Lipinski definition) is 1. The van der Waals surface area contributed by atoms with Crippen LogP contribution in [0, 0.1) is 0 Å². The normalized spacial score (nSPS) is 17.2. The van der Waals surface area contributed by atoms with E-state index in [-0.39, 0.29) is 12.1 Å². The number of pyridine rings is 1. The molecule has 0 saturated carbocycles. The molecule has 138 valence electrons. The summed E-state index contributed by atoms with van der Waals surface area (Å²) >= 11 is 0. The molecule has 1 N–H and O–H groups in total. The van der Waals surface area contributed by atoms with Gasteiger partial charge in [-0.05, 0) is 36.6 Å². The molecule has 0 unspecified atom stereocenters. The van der Waals surface area contributed by atoms with E-state index in [0.717, 1.165) is 38.0 Å². The minimum atomic E-state index is 0.0211. The predicted octanol–water partition coefficient (Wildman–Crippen LogP) is 2.93. The fourth-order valence-electron chi connectivity index (χ4n) is 3.38. The molecule has 1 aromatic carbocycles. The van der Waals surface area contributed by atoms with Crippen LogP contribution < -0.4 is 5.32 Å². The maximum Gasteiger partial charge on any atom is 0.317 e. The maximum atomic E-state index is 12.9. The number of hydrogen-bond acceptors (Lipinski definition) is 3. The molecule has 5 nitrogen and oxygen atoms in total. The smallest absolute Gasteiger partial charge is 0.317 e. The SMILES string of the molecule is CCN1CC[C@@H](NC(=O)N(CCc2ccccc2)Cc2cccnc2)C1. The number of nitrogens with zero attached hydrogens (tertiary/aromatic N) is 3. The molecule has 0 bridgehead atoms. The molecule has 2 heterocycles. The van der Waals surface area contributed by atoms with Gasteiger partial charge in [0.1, 0.15) is 0 Å². The number of rotatable bonds is 7. The van der Waals surface area contributed by atoms with E-state index in [0.29, 0.717) is 13.1 Å². The second-order valence-electron chi connectivity index (χ2n) is 6.85. The first-order valence-electron chi connectivity index (χ1n) is 9.45. The zero-order valence-electron chi connectivity index (χ0n) is 15.5. The number of carbonyl (C=O) groups excluding carboxylic acids is 1. The Morgan fingerprint density at radius 2 is 2.04 bits per heavy atom. The van der Waals surface area contributed by atoms with E-state index in [1.165, 1.54) is 5.56 Å². The molecule has 3 rings (SSSR count). The Balaban J connectivity index is 1.62. The molecule has 1 aliphatic heterocycles. The van der Waals surface area contributed by atoms with Crippen LogP contribution in [0.2, 0.25) is 0 Å². The number of likely N-dealkylation sites (N-methyl/N-ethyl adjacent to an activating group) is 1. The zero-order chi connectivity index (χ0) is 18.2. The minimum absolute atomic E-state index is 0.0211. The van der Waals surface area contributed by atoms with Crippen LogP contribution >= 0.6 is 0 Å². The number of benzene rings is 1. The van der Waals surface area contributed by atoms with E-state index >= 15 is 0 Å². The van der Waals surface area contributed by atoms with Gasteiger partial charge >= 0.3 is 6.03 Å². The van der Waals surface area contributed by atoms with Crippen LogP contribution in [0.3, 0.4) is 0 Å². The summed E-state index contributed by atoms with van der Waals surface area (Å²) in [7, 11) is 0. The van der Waals surface area contributed by atoms with Gasteiger partial charge in [0.25, 0.3) is 0 Å². The average Bonchev–Trinajstić information content (AvgIpc) is 3.14. The van der Waals surface area contributed by atoms with Gasteiger partial charge in [-0.1, -0.05) is 43.3 Å². The van der Waals surface area contributed by atoms with Crippen molar-refractivity contribution in [3.63, 3.8) is 0 Å². The molecule has 1 saturated heterocycles. The van der Waals surface area contributed by atoms with Crippen molar-refractivity contribution < 1.29 is 4.79 Å². The van der Waals surface area contributed by atoms with E-state index in [9.17, 15) is 4.79 Å². The summed E-state index contributed by atoms with van der Waals surface area (Å²) in [4.78, 5) is 21.3. The van der Waals surface area contributed by atoms with Crippen LogP contribution in [-0.2, 0) is 13.0 Å². The average molecular weight is 352 g/mol. The van der Waals surface area contributed by atoms with Crippen LogP contribution in [0.15, 0.2) is 54.9 Å². The zero-order valence-corrected chi connectivity index (χ0v) is 15.5. The van der Waals surface area contributed by atoms with Crippen molar-refractivity contribution in [1.29, 1.82) is 0 Å². The fourth-order valence-corrected chi connectivity index (χ4v) is 3.38. The van der Waals surface area contributed by atoms with Crippen LogP contribution in [0.5, 0.6) is 0 Å². The number of carbonyl (C=O) groups is 1. The van der Waals surface area contributed by atoms with Gasteiger partial charge in [-0.3, -0.25) is 4.98 Å². The minimum Gasteiger partial charge on any atom is -0.334 e. The summed E-state index contributed by atoms with van der Waals surface area (Å²) in [6.07, 6.45) is 5.46. The third-order valence-electron chi connectivity index (χ3n) is 4.94. The molecule has 0 radical (unpaired) electrons. The summed E-state index contributed by atoms with van der Waals surface area (Å²) in [5, 5.41) is 3.22. The molecule has 2 aromatic rings. The molecule has 1 aliphatic rings. The topological polar surface area (TPSA) is 48.5 Å². The first-order valence-corrected chi connectivity index (χ1v) is 9.45. The Kier molecular flexibility index (Phi) is 6.61. The van der Waals surface area contributed by atoms with Crippen LogP contribution in [0.1, 0.15) is 24.5 Å². The van der Waals surface area contributed by atoms with Gasteiger partial charge in [-0.15, -0.1) is 0 Å². The van der Waals surface area contributed by atoms with E-state index in [4.69, 9.17) is 0 Å². The summed E-state index contributed by atoms with van der Waals surface area (Å²) < 4.78 is 0. The highest BCUT2D eigenvalue weighted by molar-refractivity contribution is 5.74. The van der Waals surface area contributed by atoms with Crippen molar-refractivity contribution in [1.82, 2.24) is 20.1 Å². The van der Waals surface area contributed by atoms with Crippen LogP contribution in [-0.4, -0.2) is 53.0 Å². The molecule has 5 heteroatoms. The van der Waals surface area contributed by atoms with Gasteiger partial charge < -0.3 is 15.1 Å². The predicted molar refractivity (Wildman–Crippen MR) is 104 cm³/mol.